The second-order valence-electron chi connectivity index (χ2n) is 4.61. The van der Waals surface area contributed by atoms with Gasteiger partial charge in [-0.3, -0.25) is 4.79 Å². The van der Waals surface area contributed by atoms with Crippen molar-refractivity contribution in [1.82, 2.24) is 0 Å². The Bertz CT molecular complexity index is 433. The summed E-state index contributed by atoms with van der Waals surface area (Å²) in [5, 5.41) is 10.8. The number of carbonyl (C=O) groups is 1. The molecule has 0 aliphatic heterocycles. The zero-order valence-corrected chi connectivity index (χ0v) is 10.1. The summed E-state index contributed by atoms with van der Waals surface area (Å²) in [7, 11) is 0. The second-order valence-corrected chi connectivity index (χ2v) is 4.61. The lowest BCUT2D eigenvalue weighted by atomic mass is 9.78. The highest BCUT2D eigenvalue weighted by Gasteiger charge is 2.38. The third-order valence-electron chi connectivity index (χ3n) is 3.46. The van der Waals surface area contributed by atoms with Crippen molar-refractivity contribution < 1.29 is 9.90 Å². The third kappa shape index (κ3) is 2.18. The van der Waals surface area contributed by atoms with Crippen LogP contribution >= 0.6 is 0 Å². The Morgan fingerprint density at radius 2 is 1.94 bits per heavy atom. The zero-order valence-electron chi connectivity index (χ0n) is 10.1. The number of aliphatic hydroxyl groups is 1. The van der Waals surface area contributed by atoms with Crippen LogP contribution < -0.4 is 0 Å². The van der Waals surface area contributed by atoms with E-state index in [0.717, 1.165) is 31.3 Å². The molecule has 0 aromatic heterocycles. The average molecular weight is 230 g/mol. The molecule has 1 aliphatic carbocycles. The van der Waals surface area contributed by atoms with Crippen molar-refractivity contribution in [1.29, 1.82) is 0 Å². The highest BCUT2D eigenvalue weighted by molar-refractivity contribution is 5.89. The Kier molecular flexibility index (Phi) is 3.43. The number of ketones is 1. The maximum Gasteiger partial charge on any atom is 0.170 e. The van der Waals surface area contributed by atoms with Crippen LogP contribution in [0.4, 0.5) is 0 Å². The predicted molar refractivity (Wildman–Crippen MR) is 67.6 cm³/mol. The van der Waals surface area contributed by atoms with Crippen LogP contribution in [-0.4, -0.2) is 10.9 Å². The molecule has 0 fully saturated rings. The maximum atomic E-state index is 11.9. The Morgan fingerprint density at radius 3 is 2.47 bits per heavy atom. The minimum atomic E-state index is -1.41. The van der Waals surface area contributed by atoms with Gasteiger partial charge < -0.3 is 5.11 Å². The van der Waals surface area contributed by atoms with Crippen molar-refractivity contribution in [2.45, 2.75) is 38.2 Å². The van der Waals surface area contributed by atoms with Gasteiger partial charge in [-0.25, -0.2) is 0 Å². The van der Waals surface area contributed by atoms with Crippen molar-refractivity contribution in [2.24, 2.45) is 0 Å². The highest BCUT2D eigenvalue weighted by Crippen LogP contribution is 2.36. The fraction of sp³-hybridized carbons (Fsp3) is 0.400. The molecule has 17 heavy (non-hydrogen) atoms. The van der Waals surface area contributed by atoms with E-state index in [4.69, 9.17) is 0 Å². The second kappa shape index (κ2) is 4.84. The molecule has 0 spiro atoms. The Hall–Kier alpha value is -1.41. The fourth-order valence-corrected chi connectivity index (χ4v) is 2.46. The fourth-order valence-electron chi connectivity index (χ4n) is 2.46. The van der Waals surface area contributed by atoms with Crippen molar-refractivity contribution in [3.05, 3.63) is 47.5 Å². The van der Waals surface area contributed by atoms with Gasteiger partial charge in [0.1, 0.15) is 0 Å². The molecule has 1 aromatic rings. The summed E-state index contributed by atoms with van der Waals surface area (Å²) in [5.74, 6) is -0.197. The van der Waals surface area contributed by atoms with Gasteiger partial charge in [0.2, 0.25) is 0 Å². The van der Waals surface area contributed by atoms with Crippen LogP contribution in [0.15, 0.2) is 42.0 Å². The van der Waals surface area contributed by atoms with E-state index in [0.29, 0.717) is 5.56 Å². The molecule has 1 aliphatic rings. The van der Waals surface area contributed by atoms with Gasteiger partial charge in [-0.15, -0.1) is 0 Å². The Labute approximate surface area is 102 Å². The highest BCUT2D eigenvalue weighted by atomic mass is 16.3. The van der Waals surface area contributed by atoms with Gasteiger partial charge in [0.15, 0.2) is 11.4 Å². The van der Waals surface area contributed by atoms with Gasteiger partial charge in [-0.05, 0) is 43.7 Å². The molecule has 2 rings (SSSR count). The van der Waals surface area contributed by atoms with Crippen LogP contribution in [0.25, 0.3) is 0 Å². The summed E-state index contributed by atoms with van der Waals surface area (Å²) in [5.41, 5.74) is 0.130. The number of allylic oxidation sites excluding steroid dienone is 1. The van der Waals surface area contributed by atoms with E-state index in [1.807, 2.05) is 36.4 Å². The summed E-state index contributed by atoms with van der Waals surface area (Å²) in [6.45, 7) is 1.46. The SMILES string of the molecule is CC(=O)[C@](O)(C1=CCCCC1)c1ccccc1. The van der Waals surface area contributed by atoms with Crippen LogP contribution in [0.3, 0.4) is 0 Å². The number of benzene rings is 1. The van der Waals surface area contributed by atoms with E-state index in [2.05, 4.69) is 0 Å². The number of Topliss-reactive ketones (excluding diaryl/α,β-unsaturated/α-hetero) is 1. The Balaban J connectivity index is 2.46. The molecule has 0 bridgehead atoms. The van der Waals surface area contributed by atoms with E-state index < -0.39 is 5.60 Å². The first-order valence-corrected chi connectivity index (χ1v) is 6.14. The van der Waals surface area contributed by atoms with Crippen LogP contribution in [-0.2, 0) is 10.4 Å². The molecule has 0 saturated heterocycles. The molecule has 1 N–H and O–H groups in total. The molecule has 2 heteroatoms. The standard InChI is InChI=1S/C15H18O2/c1-12(16)15(17,13-8-4-2-5-9-13)14-10-6-3-7-11-14/h2,4-5,8-10,17H,3,6-7,11H2,1H3/t15-/m1/s1. The van der Waals surface area contributed by atoms with Gasteiger partial charge in [-0.2, -0.15) is 0 Å². The van der Waals surface area contributed by atoms with E-state index in [1.165, 1.54) is 6.92 Å². The van der Waals surface area contributed by atoms with Crippen LogP contribution in [0, 0.1) is 0 Å². The van der Waals surface area contributed by atoms with Gasteiger partial charge in [0, 0.05) is 0 Å². The predicted octanol–water partition coefficient (Wildman–Crippen LogP) is 2.96. The summed E-state index contributed by atoms with van der Waals surface area (Å²) in [6.07, 6.45) is 5.99. The summed E-state index contributed by atoms with van der Waals surface area (Å²) in [4.78, 5) is 11.9. The molecule has 1 atom stereocenters. The first-order chi connectivity index (χ1) is 8.15. The first-order valence-electron chi connectivity index (χ1n) is 6.14. The molecular weight excluding hydrogens is 212 g/mol. The number of rotatable bonds is 3. The molecule has 0 amide bonds. The third-order valence-corrected chi connectivity index (χ3v) is 3.46. The smallest absolute Gasteiger partial charge is 0.170 e. The lowest BCUT2D eigenvalue weighted by Gasteiger charge is -2.31. The van der Waals surface area contributed by atoms with Crippen molar-refractivity contribution >= 4 is 5.78 Å². The number of hydrogen-bond donors (Lipinski definition) is 1. The summed E-state index contributed by atoms with van der Waals surface area (Å²) in [6, 6.07) is 9.23. The first kappa shape index (κ1) is 12.1. The molecule has 1 aromatic carbocycles. The molecule has 0 saturated carbocycles. The van der Waals surface area contributed by atoms with E-state index in [1.54, 1.807) is 0 Å². The molecule has 2 nitrogen and oxygen atoms in total. The Morgan fingerprint density at radius 1 is 1.24 bits per heavy atom. The van der Waals surface area contributed by atoms with E-state index in [9.17, 15) is 9.90 Å². The van der Waals surface area contributed by atoms with E-state index >= 15 is 0 Å². The molecule has 0 heterocycles. The maximum absolute atomic E-state index is 11.9. The van der Waals surface area contributed by atoms with E-state index in [-0.39, 0.29) is 5.78 Å². The van der Waals surface area contributed by atoms with Crippen LogP contribution in [0.5, 0.6) is 0 Å². The van der Waals surface area contributed by atoms with Crippen LogP contribution in [0.2, 0.25) is 0 Å². The number of carbonyl (C=O) groups excluding carboxylic acids is 1. The van der Waals surface area contributed by atoms with Gasteiger partial charge in [0.25, 0.3) is 0 Å². The van der Waals surface area contributed by atoms with Gasteiger partial charge >= 0.3 is 0 Å². The normalized spacial score (nSPS) is 19.3. The van der Waals surface area contributed by atoms with Gasteiger partial charge in [0.05, 0.1) is 0 Å². The van der Waals surface area contributed by atoms with Crippen molar-refractivity contribution in [3.63, 3.8) is 0 Å². The van der Waals surface area contributed by atoms with Crippen LogP contribution in [0.1, 0.15) is 38.2 Å². The summed E-state index contributed by atoms with van der Waals surface area (Å²) >= 11 is 0. The molecule has 0 unspecified atom stereocenters. The van der Waals surface area contributed by atoms with Gasteiger partial charge in [-0.1, -0.05) is 36.4 Å². The monoisotopic (exact) mass is 230 g/mol. The number of hydrogen-bond acceptors (Lipinski definition) is 2. The zero-order chi connectivity index (χ0) is 12.3. The molecular formula is C15H18O2. The van der Waals surface area contributed by atoms with Crippen molar-refractivity contribution in [2.75, 3.05) is 0 Å². The topological polar surface area (TPSA) is 37.3 Å². The lowest BCUT2D eigenvalue weighted by molar-refractivity contribution is -0.132. The summed E-state index contributed by atoms with van der Waals surface area (Å²) < 4.78 is 0. The molecule has 90 valence electrons. The lowest BCUT2D eigenvalue weighted by Crippen LogP contribution is -2.36. The quantitative estimate of drug-likeness (QED) is 0.810. The minimum Gasteiger partial charge on any atom is -0.373 e. The average Bonchev–Trinajstić information content (AvgIpc) is 2.39. The molecule has 0 radical (unpaired) electrons. The van der Waals surface area contributed by atoms with Crippen molar-refractivity contribution in [3.8, 4) is 0 Å². The minimum absolute atomic E-state index is 0.197. The largest absolute Gasteiger partial charge is 0.373 e.